The predicted molar refractivity (Wildman–Crippen MR) is 48.5 cm³/mol. The van der Waals surface area contributed by atoms with E-state index in [9.17, 15) is 0 Å². The van der Waals surface area contributed by atoms with Crippen LogP contribution in [-0.4, -0.2) is 32.1 Å². The number of aromatic amines is 1. The van der Waals surface area contributed by atoms with Gasteiger partial charge < -0.3 is 15.0 Å². The van der Waals surface area contributed by atoms with Crippen LogP contribution < -0.4 is 5.59 Å². The summed E-state index contributed by atoms with van der Waals surface area (Å²) in [6.45, 7) is 1.77. The first-order valence-corrected chi connectivity index (χ1v) is 3.85. The van der Waals surface area contributed by atoms with Crippen molar-refractivity contribution in [2.45, 2.75) is 6.92 Å². The van der Waals surface area contributed by atoms with E-state index in [0.717, 1.165) is 5.39 Å². The molecule has 0 saturated heterocycles. The number of rotatable bonds is 1. The van der Waals surface area contributed by atoms with Crippen molar-refractivity contribution in [3.05, 3.63) is 18.1 Å². The van der Waals surface area contributed by atoms with E-state index in [-0.39, 0.29) is 0 Å². The second kappa shape index (κ2) is 2.83. The summed E-state index contributed by atoms with van der Waals surface area (Å²) >= 11 is 0. The predicted octanol–water partition coefficient (Wildman–Crippen LogP) is -1.05. The van der Waals surface area contributed by atoms with Crippen LogP contribution in [0.25, 0.3) is 11.0 Å². The van der Waals surface area contributed by atoms with Crippen molar-refractivity contribution in [2.75, 3.05) is 0 Å². The highest BCUT2D eigenvalue weighted by molar-refractivity contribution is 6.58. The number of hydrogen-bond donors (Lipinski definition) is 3. The molecule has 0 aliphatic rings. The van der Waals surface area contributed by atoms with Gasteiger partial charge >= 0.3 is 7.12 Å². The summed E-state index contributed by atoms with van der Waals surface area (Å²) in [4.78, 5) is 10.9. The fourth-order valence-corrected chi connectivity index (χ4v) is 1.16. The van der Waals surface area contributed by atoms with Gasteiger partial charge in [0, 0.05) is 17.2 Å². The lowest BCUT2D eigenvalue weighted by Gasteiger charge is -1.90. The molecular formula is C7H8BN3O2. The molecule has 0 radical (unpaired) electrons. The van der Waals surface area contributed by atoms with Crippen molar-refractivity contribution in [1.82, 2.24) is 15.0 Å². The van der Waals surface area contributed by atoms with E-state index in [1.165, 1.54) is 0 Å². The highest BCUT2D eigenvalue weighted by Gasteiger charge is 2.14. The fourth-order valence-electron chi connectivity index (χ4n) is 1.16. The molecule has 2 heterocycles. The van der Waals surface area contributed by atoms with Crippen LogP contribution in [-0.2, 0) is 0 Å². The van der Waals surface area contributed by atoms with Gasteiger partial charge in [0.1, 0.15) is 11.5 Å². The van der Waals surface area contributed by atoms with Crippen molar-refractivity contribution in [3.63, 3.8) is 0 Å². The first kappa shape index (κ1) is 8.21. The van der Waals surface area contributed by atoms with E-state index in [1.807, 2.05) is 0 Å². The van der Waals surface area contributed by atoms with Gasteiger partial charge in [0.05, 0.1) is 0 Å². The van der Waals surface area contributed by atoms with Crippen LogP contribution in [0.4, 0.5) is 0 Å². The topological polar surface area (TPSA) is 82.0 Å². The van der Waals surface area contributed by atoms with Gasteiger partial charge in [-0.15, -0.1) is 0 Å². The Morgan fingerprint density at radius 1 is 1.46 bits per heavy atom. The Bertz CT molecular complexity index is 440. The molecule has 3 N–H and O–H groups in total. The molecular weight excluding hydrogens is 169 g/mol. The maximum Gasteiger partial charge on any atom is 0.505 e. The fraction of sp³-hybridized carbons (Fsp3) is 0.143. The van der Waals surface area contributed by atoms with E-state index in [1.54, 1.807) is 19.2 Å². The van der Waals surface area contributed by atoms with E-state index in [0.29, 0.717) is 17.1 Å². The average molecular weight is 177 g/mol. The summed E-state index contributed by atoms with van der Waals surface area (Å²) in [6, 6.07) is 1.61. The summed E-state index contributed by atoms with van der Waals surface area (Å²) in [5.74, 6) is 0.647. The molecule has 13 heavy (non-hydrogen) atoms. The second-order valence-corrected chi connectivity index (χ2v) is 2.82. The SMILES string of the molecule is Cc1ncc2cc(B(O)O)[nH]c2n1. The lowest BCUT2D eigenvalue weighted by Crippen LogP contribution is -2.30. The number of aromatic nitrogens is 3. The Kier molecular flexibility index (Phi) is 1.79. The third kappa shape index (κ3) is 1.41. The molecule has 2 aromatic rings. The van der Waals surface area contributed by atoms with Crippen molar-refractivity contribution in [2.24, 2.45) is 0 Å². The second-order valence-electron chi connectivity index (χ2n) is 2.82. The quantitative estimate of drug-likeness (QED) is 0.485. The molecule has 0 saturated carbocycles. The molecule has 0 aromatic carbocycles. The van der Waals surface area contributed by atoms with E-state index in [2.05, 4.69) is 15.0 Å². The highest BCUT2D eigenvalue weighted by Crippen LogP contribution is 2.05. The highest BCUT2D eigenvalue weighted by atomic mass is 16.4. The van der Waals surface area contributed by atoms with Crippen LogP contribution >= 0.6 is 0 Å². The normalized spacial score (nSPS) is 10.7. The Morgan fingerprint density at radius 2 is 2.23 bits per heavy atom. The number of hydrogen-bond acceptors (Lipinski definition) is 4. The smallest absolute Gasteiger partial charge is 0.422 e. The third-order valence-electron chi connectivity index (χ3n) is 1.79. The molecule has 0 spiro atoms. The van der Waals surface area contributed by atoms with Crippen LogP contribution in [0.5, 0.6) is 0 Å². The van der Waals surface area contributed by atoms with Gasteiger partial charge in [0.15, 0.2) is 0 Å². The summed E-state index contributed by atoms with van der Waals surface area (Å²) in [7, 11) is -1.49. The first-order chi connectivity index (χ1) is 6.16. The average Bonchev–Trinajstić information content (AvgIpc) is 2.46. The van der Waals surface area contributed by atoms with Crippen LogP contribution in [0.1, 0.15) is 5.82 Å². The third-order valence-corrected chi connectivity index (χ3v) is 1.79. The zero-order chi connectivity index (χ0) is 9.42. The minimum Gasteiger partial charge on any atom is -0.422 e. The van der Waals surface area contributed by atoms with Gasteiger partial charge in [-0.1, -0.05) is 0 Å². The summed E-state index contributed by atoms with van der Waals surface area (Å²) < 4.78 is 0. The molecule has 2 aromatic heterocycles. The minimum absolute atomic E-state index is 0.329. The zero-order valence-electron chi connectivity index (χ0n) is 7.02. The van der Waals surface area contributed by atoms with E-state index in [4.69, 9.17) is 10.0 Å². The molecule has 0 unspecified atom stereocenters. The lowest BCUT2D eigenvalue weighted by molar-refractivity contribution is 0.424. The number of nitrogens with zero attached hydrogens (tertiary/aromatic N) is 2. The van der Waals surface area contributed by atoms with E-state index >= 15 is 0 Å². The molecule has 0 aliphatic heterocycles. The minimum atomic E-state index is -1.49. The lowest BCUT2D eigenvalue weighted by atomic mass is 9.87. The molecule has 66 valence electrons. The number of aryl methyl sites for hydroxylation is 1. The number of fused-ring (bicyclic) bond motifs is 1. The van der Waals surface area contributed by atoms with Gasteiger partial charge in [-0.3, -0.25) is 0 Å². The maximum atomic E-state index is 8.87. The Morgan fingerprint density at radius 3 is 2.92 bits per heavy atom. The zero-order valence-corrected chi connectivity index (χ0v) is 7.02. The van der Waals surface area contributed by atoms with Gasteiger partial charge in [-0.2, -0.15) is 0 Å². The van der Waals surface area contributed by atoms with Crippen LogP contribution in [0, 0.1) is 6.92 Å². The monoisotopic (exact) mass is 177 g/mol. The molecule has 0 aliphatic carbocycles. The molecule has 6 heteroatoms. The molecule has 0 atom stereocenters. The van der Waals surface area contributed by atoms with Crippen LogP contribution in [0.2, 0.25) is 0 Å². The van der Waals surface area contributed by atoms with Gasteiger partial charge in [0.2, 0.25) is 0 Å². The van der Waals surface area contributed by atoms with E-state index < -0.39 is 7.12 Å². The van der Waals surface area contributed by atoms with Crippen molar-refractivity contribution in [1.29, 1.82) is 0 Å². The number of H-pyrrole nitrogens is 1. The van der Waals surface area contributed by atoms with Crippen LogP contribution in [0.15, 0.2) is 12.3 Å². The van der Waals surface area contributed by atoms with Crippen molar-refractivity contribution in [3.8, 4) is 0 Å². The number of nitrogens with one attached hydrogen (secondary N) is 1. The van der Waals surface area contributed by atoms with Gasteiger partial charge in [-0.05, 0) is 13.0 Å². The molecule has 0 bridgehead atoms. The van der Waals surface area contributed by atoms with Crippen molar-refractivity contribution >= 4 is 23.7 Å². The summed E-state index contributed by atoms with van der Waals surface area (Å²) in [6.07, 6.45) is 1.64. The van der Waals surface area contributed by atoms with Crippen LogP contribution in [0.3, 0.4) is 0 Å². The molecule has 0 amide bonds. The van der Waals surface area contributed by atoms with Gasteiger partial charge in [-0.25, -0.2) is 9.97 Å². The standard InChI is InChI=1S/C7H8BN3O2/c1-4-9-3-5-2-6(8(12)13)11-7(5)10-4/h2-3,12-13H,1H3,(H,9,10,11). The molecule has 5 nitrogen and oxygen atoms in total. The van der Waals surface area contributed by atoms with Gasteiger partial charge in [0.25, 0.3) is 0 Å². The largest absolute Gasteiger partial charge is 0.505 e. The van der Waals surface area contributed by atoms with Crippen molar-refractivity contribution < 1.29 is 10.0 Å². The summed E-state index contributed by atoms with van der Waals surface area (Å²) in [5.41, 5.74) is 0.950. The Hall–Kier alpha value is -1.40. The summed E-state index contributed by atoms with van der Waals surface area (Å²) in [5, 5.41) is 18.5. The Balaban J connectivity index is 2.62. The maximum absolute atomic E-state index is 8.87. The molecule has 2 rings (SSSR count). The first-order valence-electron chi connectivity index (χ1n) is 3.85. The Labute approximate surface area is 74.6 Å². The molecule has 0 fully saturated rings.